The summed E-state index contributed by atoms with van der Waals surface area (Å²) in [4.78, 5) is 36.8. The van der Waals surface area contributed by atoms with Gasteiger partial charge in [-0.25, -0.2) is 18.9 Å². The van der Waals surface area contributed by atoms with Gasteiger partial charge in [-0.3, -0.25) is 9.69 Å². The predicted molar refractivity (Wildman–Crippen MR) is 181 cm³/mol. The highest BCUT2D eigenvalue weighted by atomic mass is 19.1. The number of hydrogen-bond donors (Lipinski definition) is 0. The minimum atomic E-state index is -1.13. The first-order valence-electron chi connectivity index (χ1n) is 16.6. The summed E-state index contributed by atoms with van der Waals surface area (Å²) < 4.78 is 34.0. The van der Waals surface area contributed by atoms with Crippen LogP contribution in [0, 0.1) is 5.82 Å². The van der Waals surface area contributed by atoms with Crippen molar-refractivity contribution < 1.29 is 28.2 Å². The first-order chi connectivity index (χ1) is 23.8. The number of ether oxygens (including phenoxy) is 3. The molecule has 1 unspecified atom stereocenters. The van der Waals surface area contributed by atoms with Gasteiger partial charge in [-0.1, -0.05) is 12.1 Å². The number of aromatic nitrogens is 3. The molecule has 7 rings (SSSR count). The molecule has 3 aliphatic rings. The normalized spacial score (nSPS) is 21.8. The number of carbonyl (C=O) groups is 2. The number of halogens is 1. The molecule has 4 heterocycles. The molecule has 3 aliphatic heterocycles. The van der Waals surface area contributed by atoms with Crippen LogP contribution in [0.3, 0.4) is 0 Å². The van der Waals surface area contributed by atoms with E-state index in [9.17, 15) is 14.0 Å². The van der Waals surface area contributed by atoms with Gasteiger partial charge in [0, 0.05) is 61.9 Å². The largest absolute Gasteiger partial charge is 0.491 e. The first kappa shape index (κ1) is 32.5. The molecule has 3 saturated heterocycles. The Kier molecular flexibility index (Phi) is 9.19. The molecule has 0 N–H and O–H groups in total. The van der Waals surface area contributed by atoms with Gasteiger partial charge in [-0.15, -0.1) is 0 Å². The Morgan fingerprint density at radius 3 is 2.16 bits per heavy atom. The average Bonchev–Trinajstić information content (AvgIpc) is 3.89. The van der Waals surface area contributed by atoms with Crippen molar-refractivity contribution in [2.45, 2.75) is 38.3 Å². The van der Waals surface area contributed by atoms with E-state index in [0.717, 1.165) is 49.0 Å². The molecule has 12 nitrogen and oxygen atoms in total. The highest BCUT2D eigenvalue weighted by molar-refractivity contribution is 5.97. The van der Waals surface area contributed by atoms with Crippen LogP contribution in [0.2, 0.25) is 0 Å². The standard InChI is InChI=1S/C36H40FN7O5/c1-26(27(2)45)43-19-20-44(35(43)46)32-9-7-30(8-10-32)40-15-17-41(18-16-40)31-11-13-33(14-12-31)47-21-34-22-48-36(49-34,23-42-25-38-24-39-42)28-3-5-29(37)6-4-28/h3-14,24-26,34H,15-23H2,1-2H3/t26?,34-,36-/m1/s1. The lowest BCUT2D eigenvalue weighted by Gasteiger charge is -2.37. The number of anilines is 3. The van der Waals surface area contributed by atoms with Crippen molar-refractivity contribution in [2.75, 3.05) is 67.2 Å². The molecule has 2 amide bonds. The Bertz CT molecular complexity index is 1730. The first-order valence-corrected chi connectivity index (χ1v) is 16.6. The third kappa shape index (κ3) is 6.94. The summed E-state index contributed by atoms with van der Waals surface area (Å²) in [6, 6.07) is 21.8. The van der Waals surface area contributed by atoms with Crippen molar-refractivity contribution in [3.05, 3.63) is 96.8 Å². The minimum absolute atomic E-state index is 0.00753. The van der Waals surface area contributed by atoms with E-state index in [1.165, 1.54) is 25.4 Å². The third-order valence-corrected chi connectivity index (χ3v) is 9.52. The van der Waals surface area contributed by atoms with Crippen LogP contribution in [0.15, 0.2) is 85.5 Å². The number of rotatable bonds is 11. The molecule has 4 aromatic rings. The van der Waals surface area contributed by atoms with E-state index in [2.05, 4.69) is 44.1 Å². The Hall–Kier alpha value is -5.01. The van der Waals surface area contributed by atoms with Gasteiger partial charge in [0.25, 0.3) is 0 Å². The minimum Gasteiger partial charge on any atom is -0.491 e. The van der Waals surface area contributed by atoms with E-state index in [1.807, 2.05) is 24.3 Å². The van der Waals surface area contributed by atoms with Crippen molar-refractivity contribution >= 4 is 28.9 Å². The van der Waals surface area contributed by atoms with Gasteiger partial charge in [0.2, 0.25) is 5.79 Å². The van der Waals surface area contributed by atoms with E-state index >= 15 is 0 Å². The van der Waals surface area contributed by atoms with Gasteiger partial charge < -0.3 is 28.9 Å². The number of benzene rings is 3. The second-order valence-corrected chi connectivity index (χ2v) is 12.6. The quantitative estimate of drug-likeness (QED) is 0.231. The van der Waals surface area contributed by atoms with Crippen LogP contribution < -0.4 is 19.4 Å². The fourth-order valence-electron chi connectivity index (χ4n) is 6.58. The highest BCUT2D eigenvalue weighted by Gasteiger charge is 2.44. The third-order valence-electron chi connectivity index (χ3n) is 9.52. The Morgan fingerprint density at radius 2 is 1.55 bits per heavy atom. The maximum atomic E-state index is 13.7. The molecule has 3 aromatic carbocycles. The molecule has 13 heteroatoms. The number of ketones is 1. The van der Waals surface area contributed by atoms with E-state index in [0.29, 0.717) is 31.9 Å². The van der Waals surface area contributed by atoms with Crippen LogP contribution in [0.25, 0.3) is 0 Å². The Balaban J connectivity index is 0.899. The number of Topliss-reactive ketones (excluding diaryl/α,β-unsaturated/α-hetero) is 1. The highest BCUT2D eigenvalue weighted by Crippen LogP contribution is 2.36. The SMILES string of the molecule is CC(=O)C(C)N1CCN(c2ccc(N3CCN(c4ccc(OC[C@@H]5CO[C@@](Cn6cncn6)(c6ccc(F)cc6)O5)cc4)CC3)cc2)C1=O. The molecule has 3 fully saturated rings. The number of urea groups is 1. The second kappa shape index (κ2) is 13.8. The number of hydrogen-bond acceptors (Lipinski definition) is 9. The van der Waals surface area contributed by atoms with Crippen LogP contribution in [-0.2, 0) is 26.6 Å². The number of amides is 2. The Labute approximate surface area is 284 Å². The van der Waals surface area contributed by atoms with Crippen LogP contribution in [0.4, 0.5) is 26.2 Å². The van der Waals surface area contributed by atoms with Gasteiger partial charge in [0.15, 0.2) is 5.78 Å². The topological polar surface area (TPSA) is 106 Å². The molecule has 0 bridgehead atoms. The summed E-state index contributed by atoms with van der Waals surface area (Å²) in [5, 5.41) is 4.19. The lowest BCUT2D eigenvalue weighted by Crippen LogP contribution is -2.46. The molecular formula is C36H40FN7O5. The molecule has 1 aromatic heterocycles. The maximum absolute atomic E-state index is 13.7. The molecular weight excluding hydrogens is 629 g/mol. The zero-order chi connectivity index (χ0) is 34.0. The molecule has 3 atom stereocenters. The van der Waals surface area contributed by atoms with Crippen molar-refractivity contribution in [3.63, 3.8) is 0 Å². The van der Waals surface area contributed by atoms with E-state index in [-0.39, 0.29) is 30.3 Å². The summed E-state index contributed by atoms with van der Waals surface area (Å²) in [6.45, 7) is 8.77. The Morgan fingerprint density at radius 1 is 0.918 bits per heavy atom. The van der Waals surface area contributed by atoms with Crippen molar-refractivity contribution in [3.8, 4) is 5.75 Å². The lowest BCUT2D eigenvalue weighted by molar-refractivity contribution is -0.190. The molecule has 0 spiro atoms. The number of nitrogens with zero attached hydrogens (tertiary/aromatic N) is 7. The summed E-state index contributed by atoms with van der Waals surface area (Å²) in [5.74, 6) is -0.738. The monoisotopic (exact) mass is 669 g/mol. The summed E-state index contributed by atoms with van der Waals surface area (Å²) >= 11 is 0. The fraction of sp³-hybridized carbons (Fsp3) is 0.389. The smallest absolute Gasteiger partial charge is 0.325 e. The molecule has 0 aliphatic carbocycles. The van der Waals surface area contributed by atoms with Gasteiger partial charge in [-0.2, -0.15) is 5.10 Å². The van der Waals surface area contributed by atoms with Crippen molar-refractivity contribution in [1.29, 1.82) is 0 Å². The van der Waals surface area contributed by atoms with Crippen LogP contribution in [0.1, 0.15) is 19.4 Å². The van der Waals surface area contributed by atoms with E-state index in [4.69, 9.17) is 14.2 Å². The molecule has 49 heavy (non-hydrogen) atoms. The van der Waals surface area contributed by atoms with Gasteiger partial charge in [-0.05, 0) is 74.5 Å². The van der Waals surface area contributed by atoms with Crippen LogP contribution in [-0.4, -0.2) is 96.1 Å². The van der Waals surface area contributed by atoms with Crippen molar-refractivity contribution in [1.82, 2.24) is 19.7 Å². The van der Waals surface area contributed by atoms with Gasteiger partial charge in [0.1, 0.15) is 43.5 Å². The molecule has 0 radical (unpaired) electrons. The fourth-order valence-corrected chi connectivity index (χ4v) is 6.58. The number of piperazine rings is 1. The van der Waals surface area contributed by atoms with Gasteiger partial charge in [0.05, 0.1) is 12.6 Å². The number of carbonyl (C=O) groups excluding carboxylic acids is 2. The van der Waals surface area contributed by atoms with E-state index in [1.54, 1.807) is 39.9 Å². The van der Waals surface area contributed by atoms with Gasteiger partial charge >= 0.3 is 6.03 Å². The maximum Gasteiger partial charge on any atom is 0.325 e. The van der Waals surface area contributed by atoms with E-state index < -0.39 is 11.8 Å². The summed E-state index contributed by atoms with van der Waals surface area (Å²) in [7, 11) is 0. The van der Waals surface area contributed by atoms with Crippen LogP contribution >= 0.6 is 0 Å². The molecule has 0 saturated carbocycles. The zero-order valence-electron chi connectivity index (χ0n) is 27.7. The predicted octanol–water partition coefficient (Wildman–Crippen LogP) is 4.31. The molecule has 256 valence electrons. The zero-order valence-corrected chi connectivity index (χ0v) is 27.7. The van der Waals surface area contributed by atoms with Crippen molar-refractivity contribution in [2.24, 2.45) is 0 Å². The lowest BCUT2D eigenvalue weighted by atomic mass is 10.1. The average molecular weight is 670 g/mol. The summed E-state index contributed by atoms with van der Waals surface area (Å²) in [5.41, 5.74) is 3.79. The second-order valence-electron chi connectivity index (χ2n) is 12.6. The van der Waals surface area contributed by atoms with Crippen LogP contribution in [0.5, 0.6) is 5.75 Å². The summed E-state index contributed by atoms with van der Waals surface area (Å²) in [6.07, 6.45) is 2.70.